The van der Waals surface area contributed by atoms with Gasteiger partial charge in [0, 0.05) is 24.1 Å². The first-order chi connectivity index (χ1) is 11.3. The number of carbonyl (C=O) groups excluding carboxylic acids is 1. The highest BCUT2D eigenvalue weighted by molar-refractivity contribution is 6.01. The molecule has 0 unspecified atom stereocenters. The van der Waals surface area contributed by atoms with Crippen LogP contribution < -0.4 is 0 Å². The van der Waals surface area contributed by atoms with Crippen LogP contribution in [0.3, 0.4) is 0 Å². The van der Waals surface area contributed by atoms with Gasteiger partial charge in [-0.15, -0.1) is 0 Å². The van der Waals surface area contributed by atoms with Crippen LogP contribution in [0.15, 0.2) is 42.5 Å². The predicted molar refractivity (Wildman–Crippen MR) is 81.5 cm³/mol. The fraction of sp³-hybridized carbons (Fsp3) is 0.0625. The fourth-order valence-corrected chi connectivity index (χ4v) is 2.11. The third-order valence-corrected chi connectivity index (χ3v) is 3.34. The van der Waals surface area contributed by atoms with Crippen molar-refractivity contribution < 1.29 is 29.5 Å². The second kappa shape index (κ2) is 6.69. The monoisotopic (exact) mass is 329 g/mol. The van der Waals surface area contributed by atoms with Gasteiger partial charge in [0.2, 0.25) is 0 Å². The Morgan fingerprint density at radius 2 is 1.50 bits per heavy atom. The number of nitro groups is 1. The van der Waals surface area contributed by atoms with Crippen molar-refractivity contribution in [3.05, 3.63) is 74.8 Å². The molecular formula is C16H11NO7. The molecule has 0 atom stereocenters. The predicted octanol–water partition coefficient (Wildman–Crippen LogP) is 2.42. The topological polar surface area (TPSA) is 135 Å². The Morgan fingerprint density at radius 3 is 2.00 bits per heavy atom. The number of non-ortho nitro benzene ring substituents is 1. The minimum Gasteiger partial charge on any atom is -0.478 e. The van der Waals surface area contributed by atoms with E-state index in [-0.39, 0.29) is 34.4 Å². The quantitative estimate of drug-likeness (QED) is 0.472. The zero-order valence-electron chi connectivity index (χ0n) is 12.1. The van der Waals surface area contributed by atoms with Crippen molar-refractivity contribution in [1.82, 2.24) is 0 Å². The van der Waals surface area contributed by atoms with Gasteiger partial charge in [0.25, 0.3) is 5.69 Å². The minimum absolute atomic E-state index is 0.163. The van der Waals surface area contributed by atoms with E-state index in [1.807, 2.05) is 0 Å². The number of carboxylic acids is 2. The van der Waals surface area contributed by atoms with Crippen LogP contribution in [-0.4, -0.2) is 32.9 Å². The number of benzene rings is 2. The summed E-state index contributed by atoms with van der Waals surface area (Å²) in [4.78, 5) is 44.4. The number of aromatic carboxylic acids is 2. The van der Waals surface area contributed by atoms with Crippen LogP contribution in [0.2, 0.25) is 0 Å². The Labute approximate surface area is 135 Å². The maximum Gasteiger partial charge on any atom is 0.336 e. The number of carbonyl (C=O) groups is 3. The number of nitrogens with zero attached hydrogens (tertiary/aromatic N) is 1. The number of nitro benzene ring substituents is 1. The SMILES string of the molecule is O=C(O)c1ccc(CC(=O)c2ccc([N+](=O)[O-])cc2)c(C(=O)O)c1. The summed E-state index contributed by atoms with van der Waals surface area (Å²) in [5.74, 6) is -3.05. The lowest BCUT2D eigenvalue weighted by Crippen LogP contribution is -2.11. The molecule has 0 aromatic heterocycles. The molecule has 0 saturated carbocycles. The molecule has 2 aromatic carbocycles. The lowest BCUT2D eigenvalue weighted by molar-refractivity contribution is -0.384. The molecule has 0 heterocycles. The van der Waals surface area contributed by atoms with E-state index < -0.39 is 22.6 Å². The second-order valence-corrected chi connectivity index (χ2v) is 4.89. The maximum atomic E-state index is 12.2. The molecule has 2 N–H and O–H groups in total. The van der Waals surface area contributed by atoms with E-state index in [9.17, 15) is 29.6 Å². The van der Waals surface area contributed by atoms with E-state index in [2.05, 4.69) is 0 Å². The third-order valence-electron chi connectivity index (χ3n) is 3.34. The van der Waals surface area contributed by atoms with Crippen LogP contribution in [0.1, 0.15) is 36.6 Å². The van der Waals surface area contributed by atoms with Gasteiger partial charge in [0.15, 0.2) is 5.78 Å². The molecule has 0 radical (unpaired) electrons. The molecule has 0 saturated heterocycles. The van der Waals surface area contributed by atoms with E-state index in [1.54, 1.807) is 0 Å². The van der Waals surface area contributed by atoms with Crippen molar-refractivity contribution in [1.29, 1.82) is 0 Å². The molecule has 0 amide bonds. The average Bonchev–Trinajstić information content (AvgIpc) is 2.54. The van der Waals surface area contributed by atoms with Crippen LogP contribution in [0, 0.1) is 10.1 Å². The highest BCUT2D eigenvalue weighted by atomic mass is 16.6. The summed E-state index contributed by atoms with van der Waals surface area (Å²) in [6.07, 6.45) is -0.265. The van der Waals surface area contributed by atoms with Crippen molar-refractivity contribution in [2.45, 2.75) is 6.42 Å². The first kappa shape index (κ1) is 16.8. The van der Waals surface area contributed by atoms with Gasteiger partial charge < -0.3 is 10.2 Å². The van der Waals surface area contributed by atoms with Gasteiger partial charge in [-0.1, -0.05) is 6.07 Å². The highest BCUT2D eigenvalue weighted by Crippen LogP contribution is 2.17. The summed E-state index contributed by atoms with van der Waals surface area (Å²) >= 11 is 0. The Balaban J connectivity index is 2.29. The molecule has 24 heavy (non-hydrogen) atoms. The van der Waals surface area contributed by atoms with Crippen molar-refractivity contribution in [3.63, 3.8) is 0 Å². The summed E-state index contributed by atoms with van der Waals surface area (Å²) in [6.45, 7) is 0. The van der Waals surface area contributed by atoms with E-state index in [1.165, 1.54) is 36.4 Å². The molecule has 2 rings (SSSR count). The van der Waals surface area contributed by atoms with Crippen molar-refractivity contribution in [2.75, 3.05) is 0 Å². The molecule has 122 valence electrons. The highest BCUT2D eigenvalue weighted by Gasteiger charge is 2.17. The number of hydrogen-bond donors (Lipinski definition) is 2. The van der Waals surface area contributed by atoms with Crippen LogP contribution in [0.5, 0.6) is 0 Å². The van der Waals surface area contributed by atoms with Crippen molar-refractivity contribution >= 4 is 23.4 Å². The van der Waals surface area contributed by atoms with Gasteiger partial charge in [0.1, 0.15) is 0 Å². The normalized spacial score (nSPS) is 10.2. The van der Waals surface area contributed by atoms with Gasteiger partial charge in [-0.25, -0.2) is 9.59 Å². The largest absolute Gasteiger partial charge is 0.478 e. The molecule has 0 aliphatic heterocycles. The Bertz CT molecular complexity index is 840. The van der Waals surface area contributed by atoms with Crippen LogP contribution in [-0.2, 0) is 6.42 Å². The van der Waals surface area contributed by atoms with Gasteiger partial charge >= 0.3 is 11.9 Å². The molecule has 8 nitrogen and oxygen atoms in total. The summed E-state index contributed by atoms with van der Waals surface area (Å²) in [5, 5.41) is 28.7. The van der Waals surface area contributed by atoms with Crippen LogP contribution >= 0.6 is 0 Å². The zero-order valence-corrected chi connectivity index (χ0v) is 12.1. The zero-order chi connectivity index (χ0) is 17.9. The number of carboxylic acid groups (broad SMARTS) is 2. The summed E-state index contributed by atoms with van der Waals surface area (Å²) in [5.41, 5.74) is -0.275. The average molecular weight is 329 g/mol. The Kier molecular flexibility index (Phi) is 4.69. The summed E-state index contributed by atoms with van der Waals surface area (Å²) in [7, 11) is 0. The molecule has 2 aromatic rings. The first-order valence-electron chi connectivity index (χ1n) is 6.66. The van der Waals surface area contributed by atoms with Gasteiger partial charge in [0.05, 0.1) is 16.1 Å². The van der Waals surface area contributed by atoms with E-state index in [0.29, 0.717) is 0 Å². The van der Waals surface area contributed by atoms with Crippen LogP contribution in [0.25, 0.3) is 0 Å². The van der Waals surface area contributed by atoms with Crippen molar-refractivity contribution in [2.24, 2.45) is 0 Å². The Morgan fingerprint density at radius 1 is 0.917 bits per heavy atom. The molecule has 0 aliphatic rings. The second-order valence-electron chi connectivity index (χ2n) is 4.89. The first-order valence-corrected chi connectivity index (χ1v) is 6.66. The maximum absolute atomic E-state index is 12.2. The number of ketones is 1. The lowest BCUT2D eigenvalue weighted by atomic mass is 9.97. The van der Waals surface area contributed by atoms with E-state index in [0.717, 1.165) is 6.07 Å². The minimum atomic E-state index is -1.34. The molecule has 0 aliphatic carbocycles. The van der Waals surface area contributed by atoms with Crippen LogP contribution in [0.4, 0.5) is 5.69 Å². The Hall–Kier alpha value is -3.55. The molecular weight excluding hydrogens is 318 g/mol. The summed E-state index contributed by atoms with van der Waals surface area (Å²) < 4.78 is 0. The third kappa shape index (κ3) is 3.61. The fourth-order valence-electron chi connectivity index (χ4n) is 2.11. The summed E-state index contributed by atoms with van der Waals surface area (Å²) in [6, 6.07) is 8.41. The molecule has 0 fully saturated rings. The standard InChI is InChI=1S/C16H11NO7/c18-14(9-3-5-12(6-4-9)17(23)24)8-10-1-2-11(15(19)20)7-13(10)16(21)22/h1-7H,8H2,(H,19,20)(H,21,22). The van der Waals surface area contributed by atoms with E-state index >= 15 is 0 Å². The van der Waals surface area contributed by atoms with Gasteiger partial charge in [-0.2, -0.15) is 0 Å². The molecule has 8 heteroatoms. The smallest absolute Gasteiger partial charge is 0.336 e. The lowest BCUT2D eigenvalue weighted by Gasteiger charge is -2.07. The number of rotatable bonds is 6. The van der Waals surface area contributed by atoms with Gasteiger partial charge in [-0.05, 0) is 29.8 Å². The van der Waals surface area contributed by atoms with Gasteiger partial charge in [-0.3, -0.25) is 14.9 Å². The number of Topliss-reactive ketones (excluding diaryl/α,β-unsaturated/α-hetero) is 1. The molecule has 0 bridgehead atoms. The van der Waals surface area contributed by atoms with E-state index in [4.69, 9.17) is 5.11 Å². The van der Waals surface area contributed by atoms with Crippen molar-refractivity contribution in [3.8, 4) is 0 Å². The molecule has 0 spiro atoms. The number of hydrogen-bond acceptors (Lipinski definition) is 5.